The molecule has 3 aromatic rings. The number of hydrogen-bond acceptors (Lipinski definition) is 5. The second-order valence-corrected chi connectivity index (χ2v) is 7.16. The maximum Gasteiger partial charge on any atom is 0.326 e. The molecule has 29 heavy (non-hydrogen) atoms. The number of benzene rings is 2. The first kappa shape index (κ1) is 20.7. The predicted octanol–water partition coefficient (Wildman–Crippen LogP) is 3.47. The van der Waals surface area contributed by atoms with Crippen molar-refractivity contribution in [2.24, 2.45) is 4.99 Å². The molecule has 0 saturated heterocycles. The van der Waals surface area contributed by atoms with Crippen molar-refractivity contribution in [3.05, 3.63) is 58.6 Å². The fourth-order valence-electron chi connectivity index (χ4n) is 2.81. The van der Waals surface area contributed by atoms with Gasteiger partial charge in [0.15, 0.2) is 4.80 Å². The van der Waals surface area contributed by atoms with Gasteiger partial charge in [-0.2, -0.15) is 4.99 Å². The number of carbonyl (C=O) groups is 2. The zero-order chi connectivity index (χ0) is 20.8. The molecule has 0 aliphatic rings. The van der Waals surface area contributed by atoms with Gasteiger partial charge >= 0.3 is 5.97 Å². The zero-order valence-electron chi connectivity index (χ0n) is 16.2. The number of thiazole rings is 1. The van der Waals surface area contributed by atoms with Crippen LogP contribution < -0.4 is 9.54 Å². The Balaban J connectivity index is 1.98. The summed E-state index contributed by atoms with van der Waals surface area (Å²) >= 11 is 1.29. The lowest BCUT2D eigenvalue weighted by Crippen LogP contribution is -2.23. The number of amides is 1. The molecular weight excluding hydrogens is 395 g/mol. The molecule has 1 aromatic heterocycles. The van der Waals surface area contributed by atoms with Gasteiger partial charge in [-0.05, 0) is 49.7 Å². The third kappa shape index (κ3) is 5.29. The van der Waals surface area contributed by atoms with Gasteiger partial charge in [0.1, 0.15) is 18.1 Å². The van der Waals surface area contributed by atoms with Gasteiger partial charge in [0.05, 0.1) is 29.9 Å². The lowest BCUT2D eigenvalue weighted by Gasteiger charge is -2.06. The second-order valence-electron chi connectivity index (χ2n) is 6.15. The molecule has 1 amide bonds. The standard InChI is InChI=1S/C21H21FN2O4S/c1-3-27-16-9-10-17-18(12-16)29-21(24(17)13-20(26)28-4-2)23-19(25)11-14-5-7-15(22)8-6-14/h5-10,12H,3-4,11,13H2,1-2H3. The zero-order valence-corrected chi connectivity index (χ0v) is 17.0. The quantitative estimate of drug-likeness (QED) is 0.553. The van der Waals surface area contributed by atoms with E-state index in [0.29, 0.717) is 22.7 Å². The van der Waals surface area contributed by atoms with Gasteiger partial charge in [0.25, 0.3) is 5.91 Å². The van der Waals surface area contributed by atoms with Crippen molar-refractivity contribution in [2.75, 3.05) is 13.2 Å². The summed E-state index contributed by atoms with van der Waals surface area (Å²) in [6, 6.07) is 11.2. The van der Waals surface area contributed by atoms with Crippen LogP contribution >= 0.6 is 11.3 Å². The molecule has 0 aliphatic carbocycles. The summed E-state index contributed by atoms with van der Waals surface area (Å²) in [5.74, 6) is -0.451. The lowest BCUT2D eigenvalue weighted by molar-refractivity contribution is -0.143. The van der Waals surface area contributed by atoms with E-state index in [-0.39, 0.29) is 31.3 Å². The Labute approximate surface area is 171 Å². The number of halogens is 1. The number of esters is 1. The molecule has 0 unspecified atom stereocenters. The molecule has 0 N–H and O–H groups in total. The lowest BCUT2D eigenvalue weighted by atomic mass is 10.1. The highest BCUT2D eigenvalue weighted by atomic mass is 32.1. The average molecular weight is 416 g/mol. The molecule has 3 rings (SSSR count). The normalized spacial score (nSPS) is 11.6. The van der Waals surface area contributed by atoms with Crippen molar-refractivity contribution >= 4 is 33.4 Å². The number of nitrogens with zero attached hydrogens (tertiary/aromatic N) is 2. The third-order valence-electron chi connectivity index (χ3n) is 4.05. The summed E-state index contributed by atoms with van der Waals surface area (Å²) in [5, 5.41) is 0. The largest absolute Gasteiger partial charge is 0.494 e. The molecule has 8 heteroatoms. The van der Waals surface area contributed by atoms with E-state index in [1.165, 1.54) is 23.5 Å². The number of fused-ring (bicyclic) bond motifs is 1. The van der Waals surface area contributed by atoms with Gasteiger partial charge in [-0.15, -0.1) is 0 Å². The van der Waals surface area contributed by atoms with Crippen LogP contribution in [-0.4, -0.2) is 29.7 Å². The molecule has 0 saturated carbocycles. The molecule has 0 spiro atoms. The summed E-state index contributed by atoms with van der Waals surface area (Å²) in [6.45, 7) is 4.39. The van der Waals surface area contributed by atoms with Crippen molar-refractivity contribution in [1.29, 1.82) is 0 Å². The van der Waals surface area contributed by atoms with E-state index in [2.05, 4.69) is 4.99 Å². The van der Waals surface area contributed by atoms with Crippen LogP contribution in [0.3, 0.4) is 0 Å². The monoisotopic (exact) mass is 416 g/mol. The fourth-order valence-corrected chi connectivity index (χ4v) is 3.88. The van der Waals surface area contributed by atoms with Crippen molar-refractivity contribution < 1.29 is 23.5 Å². The van der Waals surface area contributed by atoms with Gasteiger partial charge in [0.2, 0.25) is 0 Å². The maximum atomic E-state index is 13.0. The van der Waals surface area contributed by atoms with Crippen LogP contribution in [0.2, 0.25) is 0 Å². The Morgan fingerprint density at radius 3 is 2.55 bits per heavy atom. The van der Waals surface area contributed by atoms with Crippen LogP contribution in [0.15, 0.2) is 47.5 Å². The van der Waals surface area contributed by atoms with E-state index in [4.69, 9.17) is 9.47 Å². The second kappa shape index (κ2) is 9.47. The first-order valence-corrected chi connectivity index (χ1v) is 10.1. The molecule has 6 nitrogen and oxygen atoms in total. The number of carbonyl (C=O) groups excluding carboxylic acids is 2. The van der Waals surface area contributed by atoms with Crippen molar-refractivity contribution in [2.45, 2.75) is 26.8 Å². The summed E-state index contributed by atoms with van der Waals surface area (Å²) in [5.41, 5.74) is 1.43. The topological polar surface area (TPSA) is 69.9 Å². The SMILES string of the molecule is CCOC(=O)Cn1c(=NC(=O)Cc2ccc(F)cc2)sc2cc(OCC)ccc21. The Hall–Kier alpha value is -3.00. The fraction of sp³-hybridized carbons (Fsp3) is 0.286. The highest BCUT2D eigenvalue weighted by Gasteiger charge is 2.13. The Kier molecular flexibility index (Phi) is 6.77. The maximum absolute atomic E-state index is 13.0. The molecule has 0 atom stereocenters. The van der Waals surface area contributed by atoms with E-state index in [1.807, 2.05) is 25.1 Å². The van der Waals surface area contributed by atoms with Gasteiger partial charge in [0, 0.05) is 0 Å². The Morgan fingerprint density at radius 1 is 1.10 bits per heavy atom. The minimum Gasteiger partial charge on any atom is -0.494 e. The van der Waals surface area contributed by atoms with Gasteiger partial charge in [-0.1, -0.05) is 23.5 Å². The molecule has 0 bridgehead atoms. The number of rotatable bonds is 7. The van der Waals surface area contributed by atoms with Crippen LogP contribution in [0.5, 0.6) is 5.75 Å². The number of aromatic nitrogens is 1. The molecule has 0 aliphatic heterocycles. The predicted molar refractivity (Wildman–Crippen MR) is 108 cm³/mol. The summed E-state index contributed by atoms with van der Waals surface area (Å²) < 4.78 is 26.1. The van der Waals surface area contributed by atoms with Crippen molar-refractivity contribution in [3.63, 3.8) is 0 Å². The van der Waals surface area contributed by atoms with Crippen molar-refractivity contribution in [1.82, 2.24) is 4.57 Å². The van der Waals surface area contributed by atoms with Crippen LogP contribution in [0.25, 0.3) is 10.2 Å². The van der Waals surface area contributed by atoms with Crippen LogP contribution in [-0.2, 0) is 27.3 Å². The highest BCUT2D eigenvalue weighted by Crippen LogP contribution is 2.23. The highest BCUT2D eigenvalue weighted by molar-refractivity contribution is 7.16. The molecule has 2 aromatic carbocycles. The van der Waals surface area contributed by atoms with Crippen LogP contribution in [0, 0.1) is 5.82 Å². The van der Waals surface area contributed by atoms with E-state index in [1.54, 1.807) is 23.6 Å². The van der Waals surface area contributed by atoms with Gasteiger partial charge in [-0.3, -0.25) is 9.59 Å². The molecule has 152 valence electrons. The number of ether oxygens (including phenoxy) is 2. The van der Waals surface area contributed by atoms with Crippen LogP contribution in [0.1, 0.15) is 19.4 Å². The summed E-state index contributed by atoms with van der Waals surface area (Å²) in [7, 11) is 0. The summed E-state index contributed by atoms with van der Waals surface area (Å²) in [4.78, 5) is 29.1. The smallest absolute Gasteiger partial charge is 0.326 e. The first-order chi connectivity index (χ1) is 14.0. The molecule has 0 radical (unpaired) electrons. The molecular formula is C21H21FN2O4S. The van der Waals surface area contributed by atoms with E-state index in [0.717, 1.165) is 10.2 Å². The minimum atomic E-state index is -0.409. The number of hydrogen-bond donors (Lipinski definition) is 0. The molecule has 0 fully saturated rings. The molecule has 1 heterocycles. The van der Waals surface area contributed by atoms with E-state index < -0.39 is 5.97 Å². The Morgan fingerprint density at radius 2 is 1.86 bits per heavy atom. The Bertz CT molecular complexity index is 1090. The average Bonchev–Trinajstić information content (AvgIpc) is 3.00. The third-order valence-corrected chi connectivity index (χ3v) is 5.09. The minimum absolute atomic E-state index is 0.0398. The van der Waals surface area contributed by atoms with Crippen molar-refractivity contribution in [3.8, 4) is 5.75 Å². The van der Waals surface area contributed by atoms with E-state index in [9.17, 15) is 14.0 Å². The first-order valence-electron chi connectivity index (χ1n) is 9.24. The van der Waals surface area contributed by atoms with Gasteiger partial charge in [-0.25, -0.2) is 4.39 Å². The van der Waals surface area contributed by atoms with E-state index >= 15 is 0 Å². The van der Waals surface area contributed by atoms with Gasteiger partial charge < -0.3 is 14.0 Å². The summed E-state index contributed by atoms with van der Waals surface area (Å²) in [6.07, 6.45) is 0.0398. The van der Waals surface area contributed by atoms with Crippen LogP contribution in [0.4, 0.5) is 4.39 Å².